The number of carbonyl (C=O) groups is 3. The zero-order chi connectivity index (χ0) is 63.7. The van der Waals surface area contributed by atoms with Crippen LogP contribution in [0.4, 0.5) is 17.6 Å². The van der Waals surface area contributed by atoms with Gasteiger partial charge in [-0.25, -0.2) is 13.2 Å². The van der Waals surface area contributed by atoms with Crippen LogP contribution in [0.25, 0.3) is 32.9 Å². The van der Waals surface area contributed by atoms with Crippen molar-refractivity contribution in [1.82, 2.24) is 49.6 Å². The number of pyridine rings is 3. The summed E-state index contributed by atoms with van der Waals surface area (Å²) in [5, 5.41) is 14.1. The first kappa shape index (κ1) is 66.5. The molecule has 4 aliphatic heterocycles. The van der Waals surface area contributed by atoms with Crippen molar-refractivity contribution in [3.63, 3.8) is 0 Å². The molecule has 454 valence electrons. The predicted octanol–water partition coefficient (Wildman–Crippen LogP) is 10.5. The molecule has 0 bridgehead atoms. The summed E-state index contributed by atoms with van der Waals surface area (Å²) in [6.45, 7) is 10.2. The number of aryl methyl sites for hydroxylation is 2. The second-order valence-electron chi connectivity index (χ2n) is 21.7. The number of aromatic nitrogens is 7. The van der Waals surface area contributed by atoms with Gasteiger partial charge in [-0.2, -0.15) is 10.2 Å². The molecule has 5 aromatic carbocycles. The van der Waals surface area contributed by atoms with Crippen LogP contribution < -0.4 is 40.3 Å². The largest absolute Gasteiger partial charge is 1.00 e. The molecule has 0 unspecified atom stereocenters. The normalized spacial score (nSPS) is 14.6. The standard InChI is InChI=1S/C22H17FN4O.C14H19BN2O2.C14H10BrFN2O.C7H5Br2F.C7H6N2O.CH3F.Na.H/c1-26-11-17-9-14(6-7-20(17)25-26)15-4-5-16(19(23)10-15)12-27-13-21-18(22(27)28)3-2-8-24-21;1-13(2)14(3,4)19-15(18-13)11-6-7-12-10(8-11)9-17(5)16-12;15-10-4-3-9(12(16)6-10)7-18-8-13-11(14(18)19)2-1-5-17-13;8-4-5-1-2-6(9)3-7(5)10;10-7-5-2-1-3-8-6(5)4-9-7;1-2;;/h2-11H,12-13H2,1H3;6-9H,1-5H3;1-6H,7-8H2;1-3H,4H2;1-3H,4H2,(H,9,10);1H3;;/q;;;;;;+1;-1/i;;;;;1D;;. The minimum atomic E-state index is -1.00. The van der Waals surface area contributed by atoms with Gasteiger partial charge in [0, 0.05) is 94.3 Å². The summed E-state index contributed by atoms with van der Waals surface area (Å²) in [5.41, 5.74) is 10.0. The van der Waals surface area contributed by atoms with Crippen molar-refractivity contribution in [2.75, 3.05) is 7.15 Å². The molecule has 0 saturated carbocycles. The zero-order valence-corrected chi connectivity index (χ0v) is 56.5. The topological polar surface area (TPSA) is 162 Å². The summed E-state index contributed by atoms with van der Waals surface area (Å²) in [6, 6.07) is 37.6. The summed E-state index contributed by atoms with van der Waals surface area (Å²) in [6.07, 6.45) is 8.97. The van der Waals surface area contributed by atoms with Crippen molar-refractivity contribution in [2.24, 2.45) is 14.1 Å². The molecule has 0 atom stereocenters. The smallest absolute Gasteiger partial charge is 1.00 e. The first-order valence-electron chi connectivity index (χ1n) is 28.2. The Balaban J connectivity index is 0.000000167. The van der Waals surface area contributed by atoms with Crippen LogP contribution in [0.5, 0.6) is 0 Å². The van der Waals surface area contributed by atoms with Crippen LogP contribution in [0.2, 0.25) is 0 Å². The second-order valence-corrected chi connectivity index (χ2v) is 24.1. The number of fused-ring (bicyclic) bond motifs is 5. The fraction of sp³-hybridized carbons (Fsp3) is 0.231. The van der Waals surface area contributed by atoms with E-state index in [2.05, 4.69) is 112 Å². The van der Waals surface area contributed by atoms with Gasteiger partial charge in [-0.15, -0.1) is 0 Å². The number of amides is 3. The summed E-state index contributed by atoms with van der Waals surface area (Å²) >= 11 is 9.56. The third kappa shape index (κ3) is 16.2. The Morgan fingerprint density at radius 3 is 1.53 bits per heavy atom. The van der Waals surface area contributed by atoms with Crippen molar-refractivity contribution >= 4 is 99.9 Å². The van der Waals surface area contributed by atoms with Gasteiger partial charge in [-0.1, -0.05) is 90.3 Å². The molecule has 5 aromatic heterocycles. The van der Waals surface area contributed by atoms with E-state index in [1.54, 1.807) is 93.7 Å². The van der Waals surface area contributed by atoms with Crippen LogP contribution in [0.3, 0.4) is 0 Å². The van der Waals surface area contributed by atoms with E-state index < -0.39 is 7.15 Å². The number of nitrogens with one attached hydrogen (secondary N) is 1. The van der Waals surface area contributed by atoms with Gasteiger partial charge in [0.25, 0.3) is 17.7 Å². The molecule has 89 heavy (non-hydrogen) atoms. The molecule has 4 aliphatic rings. The van der Waals surface area contributed by atoms with Gasteiger partial charge in [-0.3, -0.25) is 43.1 Å². The molecule has 1 saturated heterocycles. The average molecular weight is 1410 g/mol. The molecule has 0 aliphatic carbocycles. The molecular formula is C65H61BBr3F4N10NaO5. The predicted molar refractivity (Wildman–Crippen MR) is 343 cm³/mol. The van der Waals surface area contributed by atoms with E-state index >= 15 is 0 Å². The summed E-state index contributed by atoms with van der Waals surface area (Å²) in [5.74, 6) is -1.01. The Labute approximate surface area is 563 Å². The molecule has 0 radical (unpaired) electrons. The van der Waals surface area contributed by atoms with Crippen molar-refractivity contribution in [1.29, 1.82) is 0 Å². The minimum Gasteiger partial charge on any atom is -1.00 e. The van der Waals surface area contributed by atoms with Crippen LogP contribution in [-0.2, 0) is 61.5 Å². The SMILES string of the molecule is Cn1cc2cc(-c3ccc(CN4Cc5ncccc5C4=O)c(F)c3)ccc2n1.Cn1cc2cc(B3OC(C)(C)C(C)(C)O3)ccc2n1.Fc1cc(Br)ccc1CBr.O=C1NCc2ncccc21.O=C1c2cccnc2CN1Cc1ccc(Br)cc1F.[2H]CF.[H-].[Na+]. The maximum atomic E-state index is 14.8. The molecule has 24 heteroatoms. The number of benzene rings is 5. The third-order valence-corrected chi connectivity index (χ3v) is 16.7. The molecule has 3 amide bonds. The van der Waals surface area contributed by atoms with Gasteiger partial charge in [0.05, 0.1) is 84.2 Å². The van der Waals surface area contributed by atoms with Crippen molar-refractivity contribution in [2.45, 2.75) is 77.0 Å². The van der Waals surface area contributed by atoms with Gasteiger partial charge in [0.1, 0.15) is 17.5 Å². The Morgan fingerprint density at radius 2 is 1.04 bits per heavy atom. The van der Waals surface area contributed by atoms with Crippen molar-refractivity contribution < 1.29 is 73.6 Å². The summed E-state index contributed by atoms with van der Waals surface area (Å²) < 4.78 is 74.0. The molecule has 1 fully saturated rings. The van der Waals surface area contributed by atoms with E-state index in [1.807, 2.05) is 73.6 Å². The molecule has 9 heterocycles. The maximum Gasteiger partial charge on any atom is 1.00 e. The number of nitrogens with zero attached hydrogens (tertiary/aromatic N) is 9. The van der Waals surface area contributed by atoms with Gasteiger partial charge >= 0.3 is 36.7 Å². The third-order valence-electron chi connectivity index (χ3n) is 15.1. The quantitative estimate of drug-likeness (QED) is 0.0923. The first-order chi connectivity index (χ1) is 42.5. The van der Waals surface area contributed by atoms with Crippen molar-refractivity contribution in [3.05, 3.63) is 235 Å². The van der Waals surface area contributed by atoms with Crippen LogP contribution >= 0.6 is 47.8 Å². The van der Waals surface area contributed by atoms with Crippen LogP contribution in [-0.4, -0.2) is 87.5 Å². The van der Waals surface area contributed by atoms with Gasteiger partial charge in [-0.05, 0) is 135 Å². The minimum absolute atomic E-state index is 0. The maximum absolute atomic E-state index is 14.8. The number of hydrogen-bond donors (Lipinski definition) is 1. The zero-order valence-electron chi connectivity index (χ0n) is 51.8. The second kappa shape index (κ2) is 29.8. The van der Waals surface area contributed by atoms with Gasteiger partial charge in [0.15, 0.2) is 0 Å². The fourth-order valence-corrected chi connectivity index (χ4v) is 11.0. The van der Waals surface area contributed by atoms with E-state index in [4.69, 9.17) is 10.7 Å². The molecule has 15 nitrogen and oxygen atoms in total. The van der Waals surface area contributed by atoms with Gasteiger partial charge in [0.2, 0.25) is 0 Å². The first-order valence-corrected chi connectivity index (χ1v) is 30.2. The van der Waals surface area contributed by atoms with Crippen LogP contribution in [0.15, 0.2) is 167 Å². The molecular weight excluding hydrogens is 1350 g/mol. The van der Waals surface area contributed by atoms with E-state index in [9.17, 15) is 31.9 Å². The Morgan fingerprint density at radius 1 is 0.607 bits per heavy atom. The van der Waals surface area contributed by atoms with Gasteiger partial charge < -0.3 is 25.9 Å². The monoisotopic (exact) mass is 1410 g/mol. The van der Waals surface area contributed by atoms with E-state index in [-0.39, 0.29) is 97.6 Å². The van der Waals surface area contributed by atoms with Crippen LogP contribution in [0, 0.1) is 17.5 Å². The number of alkyl halides is 2. The number of rotatable bonds is 7. The Hall–Kier alpha value is -6.96. The van der Waals surface area contributed by atoms with Crippen LogP contribution in [0.1, 0.15) is 95.3 Å². The molecule has 0 spiro atoms. The van der Waals surface area contributed by atoms with Crippen molar-refractivity contribution in [3.8, 4) is 11.1 Å². The Bertz CT molecular complexity index is 4230. The van der Waals surface area contributed by atoms with E-state index in [0.717, 1.165) is 60.0 Å². The summed E-state index contributed by atoms with van der Waals surface area (Å²) in [4.78, 5) is 51.2. The number of carbonyl (C=O) groups excluding carboxylic acids is 3. The number of halogens is 7. The molecule has 14 rings (SSSR count). The molecule has 1 N–H and O–H groups in total. The average Bonchev–Trinajstić information content (AvgIpc) is 1.70. The molecule has 10 aromatic rings. The Kier molecular flexibility index (Phi) is 22.2. The fourth-order valence-electron chi connectivity index (χ4n) is 9.83. The number of hydrogen-bond acceptors (Lipinski definition) is 10. The van der Waals surface area contributed by atoms with E-state index in [1.165, 1.54) is 18.2 Å². The van der Waals surface area contributed by atoms with E-state index in [0.29, 0.717) is 62.8 Å². The summed E-state index contributed by atoms with van der Waals surface area (Å²) in [7, 11) is 2.49.